The first-order chi connectivity index (χ1) is 9.43. The minimum absolute atomic E-state index is 0.124. The van der Waals surface area contributed by atoms with Crippen LogP contribution in [0.2, 0.25) is 0 Å². The van der Waals surface area contributed by atoms with Gasteiger partial charge in [-0.1, -0.05) is 25.0 Å². The van der Waals surface area contributed by atoms with Crippen LogP contribution in [0.3, 0.4) is 0 Å². The molecule has 1 saturated carbocycles. The number of sulfone groups is 1. The molecule has 0 saturated heterocycles. The fourth-order valence-electron chi connectivity index (χ4n) is 2.41. The summed E-state index contributed by atoms with van der Waals surface area (Å²) in [6.07, 6.45) is 2.55. The van der Waals surface area contributed by atoms with Gasteiger partial charge in [-0.25, -0.2) is 8.42 Å². The maximum atomic E-state index is 12.7. The van der Waals surface area contributed by atoms with E-state index in [2.05, 4.69) is 5.32 Å². The zero-order chi connectivity index (χ0) is 14.8. The summed E-state index contributed by atoms with van der Waals surface area (Å²) in [5.74, 6) is -3.46. The predicted octanol–water partition coefficient (Wildman–Crippen LogP) is 2.40. The summed E-state index contributed by atoms with van der Waals surface area (Å²) in [6.45, 7) is 0. The minimum atomic E-state index is -4.65. The largest absolute Gasteiger partial charge is 0.391 e. The average Bonchev–Trinajstić information content (AvgIpc) is 2.41. The molecule has 0 radical (unpaired) electrons. The van der Waals surface area contributed by atoms with Crippen molar-refractivity contribution in [2.45, 2.75) is 48.5 Å². The molecule has 2 atom stereocenters. The summed E-state index contributed by atoms with van der Waals surface area (Å²) in [7, 11) is -4.65. The number of hydrogen-bond donors (Lipinski definition) is 2. The van der Waals surface area contributed by atoms with Crippen LogP contribution in [0.5, 0.6) is 0 Å². The van der Waals surface area contributed by atoms with Crippen LogP contribution in [0, 0.1) is 0 Å². The van der Waals surface area contributed by atoms with Crippen molar-refractivity contribution in [3.8, 4) is 0 Å². The quantitative estimate of drug-likeness (QED) is 0.896. The van der Waals surface area contributed by atoms with Gasteiger partial charge in [0, 0.05) is 0 Å². The van der Waals surface area contributed by atoms with Gasteiger partial charge in [0.15, 0.2) is 0 Å². The van der Waals surface area contributed by atoms with Gasteiger partial charge in [0.1, 0.15) is 0 Å². The number of aliphatic hydroxyl groups excluding tert-OH is 1. The van der Waals surface area contributed by atoms with Crippen molar-refractivity contribution >= 4 is 15.5 Å². The first-order valence-electron chi connectivity index (χ1n) is 6.48. The number of anilines is 1. The zero-order valence-corrected chi connectivity index (χ0v) is 11.6. The van der Waals surface area contributed by atoms with Crippen molar-refractivity contribution in [2.24, 2.45) is 0 Å². The van der Waals surface area contributed by atoms with Crippen LogP contribution in [0.4, 0.5) is 14.5 Å². The van der Waals surface area contributed by atoms with Crippen LogP contribution < -0.4 is 5.32 Å². The first kappa shape index (κ1) is 15.2. The third-order valence-electron chi connectivity index (χ3n) is 3.50. The molecule has 2 unspecified atom stereocenters. The lowest BCUT2D eigenvalue weighted by atomic mass is 9.92. The Balaban J connectivity index is 2.29. The lowest BCUT2D eigenvalue weighted by molar-refractivity contribution is 0.116. The van der Waals surface area contributed by atoms with E-state index >= 15 is 0 Å². The van der Waals surface area contributed by atoms with Gasteiger partial charge in [-0.15, -0.1) is 0 Å². The minimum Gasteiger partial charge on any atom is -0.391 e. The molecule has 1 aromatic carbocycles. The molecule has 2 rings (SSSR count). The number of alkyl halides is 2. The van der Waals surface area contributed by atoms with E-state index in [-0.39, 0.29) is 11.7 Å². The summed E-state index contributed by atoms with van der Waals surface area (Å²) >= 11 is 0. The molecule has 0 aromatic heterocycles. The number of nitrogens with one attached hydrogen (secondary N) is 1. The molecule has 0 bridgehead atoms. The van der Waals surface area contributed by atoms with E-state index in [4.69, 9.17) is 0 Å². The zero-order valence-electron chi connectivity index (χ0n) is 10.8. The number of benzene rings is 1. The fourth-order valence-corrected chi connectivity index (χ4v) is 3.30. The maximum absolute atomic E-state index is 12.7. The normalized spacial score (nSPS) is 23.8. The highest BCUT2D eigenvalue weighted by molar-refractivity contribution is 7.91. The van der Waals surface area contributed by atoms with Crippen molar-refractivity contribution in [2.75, 3.05) is 5.32 Å². The first-order valence-corrected chi connectivity index (χ1v) is 8.03. The highest BCUT2D eigenvalue weighted by atomic mass is 32.2. The summed E-state index contributed by atoms with van der Waals surface area (Å²) in [5, 5.41) is 12.8. The van der Waals surface area contributed by atoms with Crippen LogP contribution in [0.25, 0.3) is 0 Å². The molecule has 112 valence electrons. The van der Waals surface area contributed by atoms with E-state index in [0.717, 1.165) is 18.9 Å². The standard InChI is InChI=1S/C13H17F2NO3S/c14-13(15)20(18,19)12-8-4-2-6-10(12)16-9-5-1-3-7-11(9)17/h2,4,6,8-9,11,13,16-17H,1,3,5,7H2. The van der Waals surface area contributed by atoms with Gasteiger partial charge in [0.2, 0.25) is 9.84 Å². The second-order valence-corrected chi connectivity index (χ2v) is 6.79. The smallest absolute Gasteiger partial charge is 0.341 e. The molecule has 1 aromatic rings. The third kappa shape index (κ3) is 3.09. The molecule has 0 spiro atoms. The second-order valence-electron chi connectivity index (χ2n) is 4.90. The fraction of sp³-hybridized carbons (Fsp3) is 0.538. The Morgan fingerprint density at radius 1 is 1.20 bits per heavy atom. The highest BCUT2D eigenvalue weighted by Crippen LogP contribution is 2.29. The number of rotatable bonds is 4. The number of aliphatic hydroxyl groups is 1. The summed E-state index contributed by atoms with van der Waals surface area (Å²) in [4.78, 5) is -0.423. The van der Waals surface area contributed by atoms with Gasteiger partial charge in [0.05, 0.1) is 22.7 Å². The summed E-state index contributed by atoms with van der Waals surface area (Å²) in [5.41, 5.74) is 0.124. The van der Waals surface area contributed by atoms with Crippen LogP contribution in [-0.4, -0.2) is 31.4 Å². The molecule has 0 amide bonds. The number of para-hydroxylation sites is 1. The van der Waals surface area contributed by atoms with E-state index in [1.807, 2.05) is 0 Å². The van der Waals surface area contributed by atoms with Crippen LogP contribution >= 0.6 is 0 Å². The van der Waals surface area contributed by atoms with E-state index in [1.165, 1.54) is 12.1 Å². The number of hydrogen-bond acceptors (Lipinski definition) is 4. The van der Waals surface area contributed by atoms with Crippen molar-refractivity contribution in [3.05, 3.63) is 24.3 Å². The molecule has 7 heteroatoms. The Hall–Kier alpha value is -1.21. The van der Waals surface area contributed by atoms with Gasteiger partial charge < -0.3 is 10.4 Å². The van der Waals surface area contributed by atoms with Crippen LogP contribution in [0.1, 0.15) is 25.7 Å². The van der Waals surface area contributed by atoms with Crippen molar-refractivity contribution in [1.29, 1.82) is 0 Å². The third-order valence-corrected chi connectivity index (χ3v) is 4.94. The SMILES string of the molecule is O=S(=O)(c1ccccc1NC1CCCCC1O)C(F)F. The molecule has 1 aliphatic carbocycles. The molecule has 0 heterocycles. The van der Waals surface area contributed by atoms with E-state index in [9.17, 15) is 22.3 Å². The Morgan fingerprint density at radius 3 is 2.50 bits per heavy atom. The molecule has 20 heavy (non-hydrogen) atoms. The Bertz CT molecular complexity index is 562. The molecule has 4 nitrogen and oxygen atoms in total. The monoisotopic (exact) mass is 305 g/mol. The van der Waals surface area contributed by atoms with Crippen molar-refractivity contribution < 1.29 is 22.3 Å². The molecule has 1 aliphatic rings. The van der Waals surface area contributed by atoms with Gasteiger partial charge in [0.25, 0.3) is 0 Å². The molecular weight excluding hydrogens is 288 g/mol. The Kier molecular flexibility index (Phi) is 4.59. The molecule has 2 N–H and O–H groups in total. The van der Waals surface area contributed by atoms with Crippen LogP contribution in [0.15, 0.2) is 29.2 Å². The van der Waals surface area contributed by atoms with Gasteiger partial charge >= 0.3 is 5.76 Å². The van der Waals surface area contributed by atoms with E-state index in [0.29, 0.717) is 12.8 Å². The van der Waals surface area contributed by atoms with Gasteiger partial charge in [-0.3, -0.25) is 0 Å². The lowest BCUT2D eigenvalue weighted by Gasteiger charge is -2.29. The summed E-state index contributed by atoms with van der Waals surface area (Å²) < 4.78 is 48.6. The Labute approximate surface area is 116 Å². The predicted molar refractivity (Wildman–Crippen MR) is 71.5 cm³/mol. The van der Waals surface area contributed by atoms with Gasteiger partial charge in [-0.2, -0.15) is 8.78 Å². The van der Waals surface area contributed by atoms with E-state index in [1.54, 1.807) is 6.07 Å². The highest BCUT2D eigenvalue weighted by Gasteiger charge is 2.30. The Morgan fingerprint density at radius 2 is 1.85 bits per heavy atom. The molecular formula is C13H17F2NO3S. The average molecular weight is 305 g/mol. The summed E-state index contributed by atoms with van der Waals surface area (Å²) in [6, 6.07) is 5.26. The van der Waals surface area contributed by atoms with Crippen molar-refractivity contribution in [3.63, 3.8) is 0 Å². The number of halogens is 2. The maximum Gasteiger partial charge on any atom is 0.341 e. The molecule has 0 aliphatic heterocycles. The van der Waals surface area contributed by atoms with Crippen molar-refractivity contribution in [1.82, 2.24) is 0 Å². The van der Waals surface area contributed by atoms with E-state index < -0.39 is 26.6 Å². The lowest BCUT2D eigenvalue weighted by Crippen LogP contribution is -2.36. The topological polar surface area (TPSA) is 66.4 Å². The second kappa shape index (κ2) is 6.05. The molecule has 1 fully saturated rings. The van der Waals surface area contributed by atoms with Gasteiger partial charge in [-0.05, 0) is 25.0 Å². The van der Waals surface area contributed by atoms with Crippen LogP contribution in [-0.2, 0) is 9.84 Å².